The lowest BCUT2D eigenvalue weighted by atomic mass is 10.2. The normalized spacial score (nSPS) is 10.4. The van der Waals surface area contributed by atoms with Crippen molar-refractivity contribution in [1.82, 2.24) is 5.32 Å². The van der Waals surface area contributed by atoms with Crippen LogP contribution in [0, 0.1) is 0 Å². The average molecular weight is 360 g/mol. The number of amides is 1. The van der Waals surface area contributed by atoms with Gasteiger partial charge in [0.2, 0.25) is 0 Å². The molecule has 1 heterocycles. The van der Waals surface area contributed by atoms with Crippen LogP contribution in [0.25, 0.3) is 0 Å². The third-order valence-electron chi connectivity index (χ3n) is 2.54. The van der Waals surface area contributed by atoms with Crippen LogP contribution >= 0.6 is 38.9 Å². The highest BCUT2D eigenvalue weighted by Crippen LogP contribution is 2.22. The summed E-state index contributed by atoms with van der Waals surface area (Å²) in [5.41, 5.74) is 6.85. The molecule has 3 nitrogen and oxygen atoms in total. The molecule has 0 aliphatic carbocycles. The van der Waals surface area contributed by atoms with Gasteiger partial charge in [0.1, 0.15) is 0 Å². The second-order valence-corrected chi connectivity index (χ2v) is 6.60. The molecule has 1 aromatic carbocycles. The minimum Gasteiger partial charge on any atom is -0.398 e. The van der Waals surface area contributed by atoms with Gasteiger partial charge in [0.05, 0.1) is 4.34 Å². The fraction of sp³-hybridized carbons (Fsp3) is 0.154. The maximum Gasteiger partial charge on any atom is 0.251 e. The Morgan fingerprint density at radius 2 is 2.16 bits per heavy atom. The number of rotatable bonds is 4. The van der Waals surface area contributed by atoms with E-state index < -0.39 is 0 Å². The fourth-order valence-corrected chi connectivity index (χ4v) is 2.91. The summed E-state index contributed by atoms with van der Waals surface area (Å²) in [4.78, 5) is 13.1. The van der Waals surface area contributed by atoms with Gasteiger partial charge in [-0.3, -0.25) is 4.79 Å². The van der Waals surface area contributed by atoms with Crippen molar-refractivity contribution < 1.29 is 4.79 Å². The highest BCUT2D eigenvalue weighted by molar-refractivity contribution is 9.10. The van der Waals surface area contributed by atoms with E-state index in [1.807, 2.05) is 12.1 Å². The highest BCUT2D eigenvalue weighted by atomic mass is 79.9. The van der Waals surface area contributed by atoms with Crippen LogP contribution in [0.4, 0.5) is 5.69 Å². The number of anilines is 1. The number of carbonyl (C=O) groups excluding carboxylic acids is 1. The number of carbonyl (C=O) groups is 1. The van der Waals surface area contributed by atoms with E-state index in [0.29, 0.717) is 17.8 Å². The minimum absolute atomic E-state index is 0.123. The zero-order valence-corrected chi connectivity index (χ0v) is 13.1. The molecule has 1 aromatic heterocycles. The van der Waals surface area contributed by atoms with Crippen LogP contribution in [0.3, 0.4) is 0 Å². The second kappa shape index (κ2) is 6.41. The summed E-state index contributed by atoms with van der Waals surface area (Å²) in [7, 11) is 0. The molecule has 100 valence electrons. The van der Waals surface area contributed by atoms with Gasteiger partial charge in [-0.2, -0.15) is 0 Å². The number of halogens is 2. The van der Waals surface area contributed by atoms with Crippen molar-refractivity contribution in [1.29, 1.82) is 0 Å². The molecular weight excluding hydrogens is 348 g/mol. The van der Waals surface area contributed by atoms with Crippen LogP contribution < -0.4 is 11.1 Å². The van der Waals surface area contributed by atoms with Crippen LogP contribution in [-0.4, -0.2) is 12.5 Å². The van der Waals surface area contributed by atoms with E-state index in [1.54, 1.807) is 18.2 Å². The molecule has 0 saturated heterocycles. The minimum atomic E-state index is -0.123. The van der Waals surface area contributed by atoms with Crippen molar-refractivity contribution in [2.75, 3.05) is 12.3 Å². The Bertz CT molecular complexity index is 600. The molecule has 2 aromatic rings. The lowest BCUT2D eigenvalue weighted by molar-refractivity contribution is 0.0954. The number of hydrogen-bond donors (Lipinski definition) is 2. The second-order valence-electron chi connectivity index (χ2n) is 3.95. The molecule has 0 fully saturated rings. The van der Waals surface area contributed by atoms with Crippen molar-refractivity contribution in [3.63, 3.8) is 0 Å². The summed E-state index contributed by atoms with van der Waals surface area (Å²) >= 11 is 10.7. The molecule has 6 heteroatoms. The van der Waals surface area contributed by atoms with Crippen LogP contribution in [-0.2, 0) is 6.42 Å². The SMILES string of the molecule is Nc1cc(C(=O)NCCc2ccc(Cl)s2)ccc1Br. The standard InChI is InChI=1S/C13H12BrClN2OS/c14-10-3-1-8(7-11(10)16)13(18)17-6-5-9-2-4-12(15)19-9/h1-4,7H,5-6,16H2,(H,17,18). The zero-order chi connectivity index (χ0) is 13.8. The Morgan fingerprint density at radius 3 is 2.79 bits per heavy atom. The lowest BCUT2D eigenvalue weighted by Gasteiger charge is -2.06. The van der Waals surface area contributed by atoms with Gasteiger partial charge in [0.25, 0.3) is 5.91 Å². The summed E-state index contributed by atoms with van der Waals surface area (Å²) in [6.45, 7) is 0.575. The third kappa shape index (κ3) is 3.96. The molecule has 0 aliphatic heterocycles. The van der Waals surface area contributed by atoms with Gasteiger partial charge < -0.3 is 11.1 Å². The molecule has 3 N–H and O–H groups in total. The van der Waals surface area contributed by atoms with E-state index in [1.165, 1.54) is 11.3 Å². The number of nitrogen functional groups attached to an aromatic ring is 1. The van der Waals surface area contributed by atoms with Crippen molar-refractivity contribution in [2.24, 2.45) is 0 Å². The molecule has 0 saturated carbocycles. The Kier molecular flexibility index (Phi) is 4.85. The molecule has 0 bridgehead atoms. The number of benzene rings is 1. The van der Waals surface area contributed by atoms with Gasteiger partial charge in [-0.1, -0.05) is 11.6 Å². The van der Waals surface area contributed by atoms with E-state index in [4.69, 9.17) is 17.3 Å². The van der Waals surface area contributed by atoms with Crippen LogP contribution in [0.2, 0.25) is 4.34 Å². The summed E-state index contributed by atoms with van der Waals surface area (Å²) in [6.07, 6.45) is 0.773. The molecular formula is C13H12BrClN2OS. The molecule has 0 aliphatic rings. The topological polar surface area (TPSA) is 55.1 Å². The van der Waals surface area contributed by atoms with Crippen LogP contribution in [0.5, 0.6) is 0 Å². The zero-order valence-electron chi connectivity index (χ0n) is 9.95. The smallest absolute Gasteiger partial charge is 0.251 e. The Labute approximate surface area is 128 Å². The first-order valence-electron chi connectivity index (χ1n) is 5.63. The summed E-state index contributed by atoms with van der Waals surface area (Å²) in [5, 5.41) is 2.86. The van der Waals surface area contributed by atoms with Crippen molar-refractivity contribution in [3.8, 4) is 0 Å². The highest BCUT2D eigenvalue weighted by Gasteiger charge is 2.07. The van der Waals surface area contributed by atoms with Crippen molar-refractivity contribution in [2.45, 2.75) is 6.42 Å². The molecule has 2 rings (SSSR count). The predicted molar refractivity (Wildman–Crippen MR) is 83.9 cm³/mol. The first kappa shape index (κ1) is 14.4. The van der Waals surface area contributed by atoms with Gasteiger partial charge >= 0.3 is 0 Å². The summed E-state index contributed by atoms with van der Waals surface area (Å²) < 4.78 is 1.55. The molecule has 19 heavy (non-hydrogen) atoms. The van der Waals surface area contributed by atoms with E-state index in [-0.39, 0.29) is 5.91 Å². The van der Waals surface area contributed by atoms with E-state index >= 15 is 0 Å². The lowest BCUT2D eigenvalue weighted by Crippen LogP contribution is -2.25. The van der Waals surface area contributed by atoms with Crippen LogP contribution in [0.1, 0.15) is 15.2 Å². The number of nitrogens with two attached hydrogens (primary N) is 1. The Balaban J connectivity index is 1.89. The first-order chi connectivity index (χ1) is 9.06. The molecule has 0 atom stereocenters. The molecule has 0 unspecified atom stereocenters. The summed E-state index contributed by atoms with van der Waals surface area (Å²) in [6, 6.07) is 8.98. The number of thiophene rings is 1. The van der Waals surface area contributed by atoms with Crippen molar-refractivity contribution >= 4 is 50.5 Å². The fourth-order valence-electron chi connectivity index (χ4n) is 1.57. The first-order valence-corrected chi connectivity index (χ1v) is 7.62. The number of nitrogens with one attached hydrogen (secondary N) is 1. The van der Waals surface area contributed by atoms with Gasteiger partial charge in [0.15, 0.2) is 0 Å². The van der Waals surface area contributed by atoms with E-state index in [2.05, 4.69) is 21.2 Å². The molecule has 1 amide bonds. The Hall–Kier alpha value is -1.04. The van der Waals surface area contributed by atoms with Gasteiger partial charge in [0, 0.05) is 27.1 Å². The monoisotopic (exact) mass is 358 g/mol. The van der Waals surface area contributed by atoms with Crippen molar-refractivity contribution in [3.05, 3.63) is 49.6 Å². The Morgan fingerprint density at radius 1 is 1.37 bits per heavy atom. The predicted octanol–water partition coefficient (Wildman–Crippen LogP) is 3.72. The van der Waals surface area contributed by atoms with E-state index in [9.17, 15) is 4.79 Å². The van der Waals surface area contributed by atoms with Gasteiger partial charge in [-0.15, -0.1) is 11.3 Å². The molecule has 0 spiro atoms. The molecule has 0 radical (unpaired) electrons. The number of hydrogen-bond acceptors (Lipinski definition) is 3. The largest absolute Gasteiger partial charge is 0.398 e. The quantitative estimate of drug-likeness (QED) is 0.818. The third-order valence-corrected chi connectivity index (χ3v) is 4.56. The average Bonchev–Trinajstić information content (AvgIpc) is 2.78. The maximum atomic E-state index is 11.9. The summed E-state index contributed by atoms with van der Waals surface area (Å²) in [5.74, 6) is -0.123. The van der Waals surface area contributed by atoms with Gasteiger partial charge in [-0.25, -0.2) is 0 Å². The van der Waals surface area contributed by atoms with Gasteiger partial charge in [-0.05, 0) is 52.7 Å². The van der Waals surface area contributed by atoms with Crippen LogP contribution in [0.15, 0.2) is 34.8 Å². The maximum absolute atomic E-state index is 11.9. The van der Waals surface area contributed by atoms with E-state index in [0.717, 1.165) is 20.1 Å².